The molecule has 3 aromatic carbocycles. The standard InChI is InChI=1S/C20H15NO3/c22-18(16-11-10-14-6-4-5-7-15(14)12-16)20(13-24-20)19(23)21-17-8-2-1-3-9-17/h1-12H,13H2,(H,21,23). The summed E-state index contributed by atoms with van der Waals surface area (Å²) in [6.07, 6.45) is 0. The number of ketones is 1. The van der Waals surface area contributed by atoms with Crippen molar-refractivity contribution >= 4 is 28.2 Å². The predicted octanol–water partition coefficient (Wildman–Crippen LogP) is 3.43. The second-order valence-electron chi connectivity index (χ2n) is 5.83. The van der Waals surface area contributed by atoms with E-state index in [1.54, 1.807) is 24.3 Å². The number of ether oxygens (including phenoxy) is 1. The third-order valence-corrected chi connectivity index (χ3v) is 4.21. The van der Waals surface area contributed by atoms with E-state index in [0.717, 1.165) is 10.8 Å². The normalized spacial score (nSPS) is 19.0. The first kappa shape index (κ1) is 14.6. The smallest absolute Gasteiger partial charge is 0.267 e. The maximum Gasteiger partial charge on any atom is 0.267 e. The van der Waals surface area contributed by atoms with Crippen LogP contribution in [0.5, 0.6) is 0 Å². The summed E-state index contributed by atoms with van der Waals surface area (Å²) in [7, 11) is 0. The fourth-order valence-corrected chi connectivity index (χ4v) is 2.75. The Morgan fingerprint density at radius 1 is 0.875 bits per heavy atom. The Kier molecular flexibility index (Phi) is 3.40. The number of rotatable bonds is 4. The summed E-state index contributed by atoms with van der Waals surface area (Å²) < 4.78 is 5.30. The van der Waals surface area contributed by atoms with Crippen LogP contribution >= 0.6 is 0 Å². The van der Waals surface area contributed by atoms with Crippen molar-refractivity contribution < 1.29 is 14.3 Å². The van der Waals surface area contributed by atoms with Gasteiger partial charge >= 0.3 is 0 Å². The Labute approximate surface area is 139 Å². The van der Waals surface area contributed by atoms with Crippen molar-refractivity contribution in [3.8, 4) is 0 Å². The van der Waals surface area contributed by atoms with E-state index < -0.39 is 11.5 Å². The van der Waals surface area contributed by atoms with Crippen molar-refractivity contribution in [2.45, 2.75) is 5.60 Å². The number of hydrogen-bond acceptors (Lipinski definition) is 3. The molecule has 1 unspecified atom stereocenters. The lowest BCUT2D eigenvalue weighted by atomic mass is 9.95. The zero-order valence-corrected chi connectivity index (χ0v) is 12.9. The second-order valence-corrected chi connectivity index (χ2v) is 5.83. The quantitative estimate of drug-likeness (QED) is 0.455. The van der Waals surface area contributed by atoms with Gasteiger partial charge in [0.25, 0.3) is 5.91 Å². The van der Waals surface area contributed by atoms with Crippen molar-refractivity contribution in [3.63, 3.8) is 0 Å². The molecular weight excluding hydrogens is 302 g/mol. The molecule has 0 aromatic heterocycles. The molecular formula is C20H15NO3. The van der Waals surface area contributed by atoms with Crippen LogP contribution in [0.1, 0.15) is 10.4 Å². The molecule has 118 valence electrons. The molecule has 1 heterocycles. The largest absolute Gasteiger partial charge is 0.351 e. The van der Waals surface area contributed by atoms with Crippen LogP contribution in [0.25, 0.3) is 10.8 Å². The maximum atomic E-state index is 12.8. The summed E-state index contributed by atoms with van der Waals surface area (Å²) in [4.78, 5) is 25.3. The molecule has 24 heavy (non-hydrogen) atoms. The van der Waals surface area contributed by atoms with Gasteiger partial charge in [-0.3, -0.25) is 9.59 Å². The number of anilines is 1. The number of para-hydroxylation sites is 1. The highest BCUT2D eigenvalue weighted by molar-refractivity contribution is 6.22. The summed E-state index contributed by atoms with van der Waals surface area (Å²) in [5, 5.41) is 4.76. The molecule has 1 aliphatic heterocycles. The highest BCUT2D eigenvalue weighted by Gasteiger charge is 2.59. The Morgan fingerprint density at radius 3 is 2.25 bits per heavy atom. The second kappa shape index (κ2) is 5.58. The minimum atomic E-state index is -1.40. The van der Waals surface area contributed by atoms with Crippen molar-refractivity contribution in [2.75, 3.05) is 11.9 Å². The van der Waals surface area contributed by atoms with E-state index in [-0.39, 0.29) is 12.4 Å². The van der Waals surface area contributed by atoms with Crippen molar-refractivity contribution in [2.24, 2.45) is 0 Å². The number of carbonyl (C=O) groups is 2. The van der Waals surface area contributed by atoms with Crippen molar-refractivity contribution in [3.05, 3.63) is 78.4 Å². The molecule has 1 N–H and O–H groups in total. The molecule has 4 nitrogen and oxygen atoms in total. The number of benzene rings is 3. The first-order valence-corrected chi connectivity index (χ1v) is 7.73. The Bertz CT molecular complexity index is 930. The zero-order valence-electron chi connectivity index (χ0n) is 12.9. The van der Waals surface area contributed by atoms with E-state index in [0.29, 0.717) is 11.3 Å². The fourth-order valence-electron chi connectivity index (χ4n) is 2.75. The molecule has 0 radical (unpaired) electrons. The molecule has 4 rings (SSSR count). The van der Waals surface area contributed by atoms with Crippen LogP contribution in [0.4, 0.5) is 5.69 Å². The average molecular weight is 317 g/mol. The molecule has 0 spiro atoms. The van der Waals surface area contributed by atoms with Gasteiger partial charge in [0.05, 0.1) is 6.61 Å². The van der Waals surface area contributed by atoms with Gasteiger partial charge in [0.1, 0.15) is 0 Å². The Balaban J connectivity index is 1.61. The average Bonchev–Trinajstić information content (AvgIpc) is 3.43. The molecule has 4 heteroatoms. The number of nitrogens with one attached hydrogen (secondary N) is 1. The van der Waals surface area contributed by atoms with Crippen LogP contribution in [0, 0.1) is 0 Å². The third kappa shape index (κ3) is 2.47. The van der Waals surface area contributed by atoms with Crippen LogP contribution in [0.15, 0.2) is 72.8 Å². The van der Waals surface area contributed by atoms with Gasteiger partial charge in [-0.1, -0.05) is 54.6 Å². The van der Waals surface area contributed by atoms with Gasteiger partial charge in [-0.2, -0.15) is 0 Å². The minimum absolute atomic E-state index is 0.108. The number of hydrogen-bond donors (Lipinski definition) is 1. The number of carbonyl (C=O) groups excluding carboxylic acids is 2. The highest BCUT2D eigenvalue weighted by atomic mass is 16.6. The van der Waals surface area contributed by atoms with Crippen molar-refractivity contribution in [1.82, 2.24) is 0 Å². The summed E-state index contributed by atoms with van der Waals surface area (Å²) in [5.74, 6) is -0.728. The van der Waals surface area contributed by atoms with Crippen LogP contribution < -0.4 is 5.32 Å². The number of fused-ring (bicyclic) bond motifs is 1. The summed E-state index contributed by atoms with van der Waals surface area (Å²) >= 11 is 0. The summed E-state index contributed by atoms with van der Waals surface area (Å²) in [6.45, 7) is 0.108. The number of Topliss-reactive ketones (excluding diaryl/α,β-unsaturated/α-hetero) is 1. The fraction of sp³-hybridized carbons (Fsp3) is 0.100. The van der Waals surface area contributed by atoms with Crippen molar-refractivity contribution in [1.29, 1.82) is 0 Å². The van der Waals surface area contributed by atoms with E-state index in [2.05, 4.69) is 5.32 Å². The predicted molar refractivity (Wildman–Crippen MR) is 92.0 cm³/mol. The van der Waals surface area contributed by atoms with E-state index in [1.807, 2.05) is 48.5 Å². The molecule has 1 saturated heterocycles. The molecule has 1 atom stereocenters. The SMILES string of the molecule is O=C(Nc1ccccc1)C1(C(=O)c2ccc3ccccc3c2)CO1. The lowest BCUT2D eigenvalue weighted by Crippen LogP contribution is -2.39. The van der Waals surface area contributed by atoms with E-state index in [4.69, 9.17) is 4.74 Å². The van der Waals surface area contributed by atoms with Crippen LogP contribution in [-0.4, -0.2) is 23.9 Å². The van der Waals surface area contributed by atoms with E-state index in [1.165, 1.54) is 0 Å². The van der Waals surface area contributed by atoms with E-state index in [9.17, 15) is 9.59 Å². The van der Waals surface area contributed by atoms with Gasteiger partial charge in [-0.05, 0) is 29.0 Å². The molecule has 3 aromatic rings. The lowest BCUT2D eigenvalue weighted by Gasteiger charge is -2.12. The van der Waals surface area contributed by atoms with Gasteiger partial charge in [0.15, 0.2) is 0 Å². The molecule has 1 aliphatic rings. The topological polar surface area (TPSA) is 58.7 Å². The summed E-state index contributed by atoms with van der Waals surface area (Å²) in [5.41, 5.74) is -0.281. The third-order valence-electron chi connectivity index (χ3n) is 4.21. The summed E-state index contributed by atoms with van der Waals surface area (Å²) in [6, 6.07) is 22.3. The lowest BCUT2D eigenvalue weighted by molar-refractivity contribution is -0.119. The van der Waals surface area contributed by atoms with Gasteiger partial charge in [-0.15, -0.1) is 0 Å². The number of epoxide rings is 1. The van der Waals surface area contributed by atoms with Crippen LogP contribution in [0.2, 0.25) is 0 Å². The number of amides is 1. The monoisotopic (exact) mass is 317 g/mol. The van der Waals surface area contributed by atoms with Gasteiger partial charge in [-0.25, -0.2) is 0 Å². The van der Waals surface area contributed by atoms with Crippen LogP contribution in [-0.2, 0) is 9.53 Å². The van der Waals surface area contributed by atoms with Gasteiger partial charge in [0.2, 0.25) is 11.4 Å². The molecule has 0 bridgehead atoms. The Morgan fingerprint density at radius 2 is 1.54 bits per heavy atom. The molecule has 1 amide bonds. The van der Waals surface area contributed by atoms with Gasteiger partial charge < -0.3 is 10.1 Å². The van der Waals surface area contributed by atoms with Crippen LogP contribution in [0.3, 0.4) is 0 Å². The van der Waals surface area contributed by atoms with Gasteiger partial charge in [0, 0.05) is 11.3 Å². The first-order valence-electron chi connectivity index (χ1n) is 7.73. The zero-order chi connectivity index (χ0) is 16.6. The highest BCUT2D eigenvalue weighted by Crippen LogP contribution is 2.33. The van der Waals surface area contributed by atoms with E-state index >= 15 is 0 Å². The maximum absolute atomic E-state index is 12.8. The molecule has 1 fully saturated rings. The first-order chi connectivity index (χ1) is 11.7. The Hall–Kier alpha value is -2.98. The minimum Gasteiger partial charge on any atom is -0.351 e. The molecule has 0 saturated carbocycles. The molecule has 0 aliphatic carbocycles.